The van der Waals surface area contributed by atoms with Gasteiger partial charge in [-0.25, -0.2) is 0 Å². The van der Waals surface area contributed by atoms with Crippen molar-refractivity contribution in [2.24, 2.45) is 56.7 Å². The molecule has 2 unspecified atom stereocenters. The highest BCUT2D eigenvalue weighted by molar-refractivity contribution is 5.33. The van der Waals surface area contributed by atoms with Crippen LogP contribution >= 0.6 is 0 Å². The molecule has 5 rings (SSSR count). The van der Waals surface area contributed by atoms with Crippen molar-refractivity contribution >= 4 is 0 Å². The summed E-state index contributed by atoms with van der Waals surface area (Å²) >= 11 is 0. The Hall–Kier alpha value is -0.300. The molecule has 0 saturated heterocycles. The van der Waals surface area contributed by atoms with Gasteiger partial charge < -0.3 is 5.11 Å². The highest BCUT2D eigenvalue weighted by Gasteiger charge is 2.67. The van der Waals surface area contributed by atoms with E-state index < -0.39 is 0 Å². The van der Waals surface area contributed by atoms with E-state index in [9.17, 15) is 5.11 Å². The Kier molecular flexibility index (Phi) is 4.82. The maximum absolute atomic E-state index is 10.9. The molecule has 1 N–H and O–H groups in total. The molecular formula is C30H50O. The first-order chi connectivity index (χ1) is 14.3. The monoisotopic (exact) mass is 426 g/mol. The first-order valence-electron chi connectivity index (χ1n) is 13.7. The van der Waals surface area contributed by atoms with E-state index in [1.807, 2.05) is 5.57 Å². The van der Waals surface area contributed by atoms with Gasteiger partial charge in [-0.3, -0.25) is 0 Å². The van der Waals surface area contributed by atoms with Crippen molar-refractivity contribution in [1.82, 2.24) is 0 Å². The minimum Gasteiger partial charge on any atom is -0.393 e. The second-order valence-corrected chi connectivity index (χ2v) is 14.7. The number of rotatable bonds is 0. The van der Waals surface area contributed by atoms with Crippen LogP contribution in [0.25, 0.3) is 0 Å². The predicted octanol–water partition coefficient (Wildman–Crippen LogP) is 8.02. The van der Waals surface area contributed by atoms with Gasteiger partial charge in [0.1, 0.15) is 0 Å². The van der Waals surface area contributed by atoms with Crippen molar-refractivity contribution in [3.63, 3.8) is 0 Å². The summed E-state index contributed by atoms with van der Waals surface area (Å²) in [5.74, 6) is 3.90. The maximum atomic E-state index is 10.9. The standard InChI is InChI=1S/C30H50O/c1-19-11-14-27(5)17-18-29(7)21(25(27)20(19)2)9-10-23-28(6)15-13-24(31)26(3,4)22(28)12-16-30(23,29)8/h9,19-20,22-25,31H,10-18H2,1-8H3/t19-,20+,22?,23?,24+,25+,27-,28+,29-,30-/m1/s1. The van der Waals surface area contributed by atoms with Crippen molar-refractivity contribution in [3.05, 3.63) is 11.6 Å². The van der Waals surface area contributed by atoms with Crippen LogP contribution in [-0.4, -0.2) is 11.2 Å². The molecule has 0 aromatic heterocycles. The van der Waals surface area contributed by atoms with E-state index >= 15 is 0 Å². The van der Waals surface area contributed by atoms with Gasteiger partial charge in [0.15, 0.2) is 0 Å². The van der Waals surface area contributed by atoms with Gasteiger partial charge in [0, 0.05) is 0 Å². The van der Waals surface area contributed by atoms with Gasteiger partial charge in [0.05, 0.1) is 6.10 Å². The van der Waals surface area contributed by atoms with Crippen molar-refractivity contribution < 1.29 is 5.11 Å². The number of hydrogen-bond donors (Lipinski definition) is 1. The fourth-order valence-electron chi connectivity index (χ4n) is 10.8. The highest BCUT2D eigenvalue weighted by Crippen LogP contribution is 2.75. The van der Waals surface area contributed by atoms with Crippen LogP contribution in [0.15, 0.2) is 11.6 Å². The minimum absolute atomic E-state index is 0.0533. The predicted molar refractivity (Wildman–Crippen MR) is 131 cm³/mol. The molecule has 0 heterocycles. The summed E-state index contributed by atoms with van der Waals surface area (Å²) in [6.45, 7) is 20.5. The minimum atomic E-state index is -0.125. The number of allylic oxidation sites excluding steroid dienone is 2. The molecule has 4 saturated carbocycles. The molecular weight excluding hydrogens is 376 g/mol. The van der Waals surface area contributed by atoms with E-state index in [-0.39, 0.29) is 11.5 Å². The molecule has 1 heteroatoms. The van der Waals surface area contributed by atoms with Crippen molar-refractivity contribution in [1.29, 1.82) is 0 Å². The molecule has 0 spiro atoms. The topological polar surface area (TPSA) is 20.2 Å². The summed E-state index contributed by atoms with van der Waals surface area (Å²) < 4.78 is 0. The second-order valence-electron chi connectivity index (χ2n) is 14.7. The lowest BCUT2D eigenvalue weighted by Gasteiger charge is -2.71. The first kappa shape index (κ1) is 22.5. The molecule has 1 nitrogen and oxygen atoms in total. The molecule has 4 fully saturated rings. The lowest BCUT2D eigenvalue weighted by molar-refractivity contribution is -0.203. The summed E-state index contributed by atoms with van der Waals surface area (Å²) in [7, 11) is 0. The zero-order valence-corrected chi connectivity index (χ0v) is 21.9. The largest absolute Gasteiger partial charge is 0.393 e. The van der Waals surface area contributed by atoms with E-state index in [0.717, 1.165) is 30.1 Å². The molecule has 0 amide bonds. The Balaban J connectivity index is 1.59. The number of aliphatic hydroxyl groups excluding tert-OH is 1. The van der Waals surface area contributed by atoms with Crippen LogP contribution < -0.4 is 0 Å². The molecule has 0 aromatic carbocycles. The summed E-state index contributed by atoms with van der Waals surface area (Å²) in [5.41, 5.74) is 3.60. The average molecular weight is 427 g/mol. The maximum Gasteiger partial charge on any atom is 0.0594 e. The van der Waals surface area contributed by atoms with Gasteiger partial charge in [-0.15, -0.1) is 0 Å². The fraction of sp³-hybridized carbons (Fsp3) is 0.933. The Labute approximate surface area is 192 Å². The van der Waals surface area contributed by atoms with Crippen LogP contribution in [0.1, 0.15) is 113 Å². The lowest BCUT2D eigenvalue weighted by Crippen LogP contribution is -2.64. The van der Waals surface area contributed by atoms with E-state index in [1.54, 1.807) is 0 Å². The van der Waals surface area contributed by atoms with Crippen molar-refractivity contribution in [3.8, 4) is 0 Å². The number of hydrogen-bond acceptors (Lipinski definition) is 1. The third-order valence-electron chi connectivity index (χ3n) is 13.4. The van der Waals surface area contributed by atoms with E-state index in [0.29, 0.717) is 27.6 Å². The van der Waals surface area contributed by atoms with Crippen molar-refractivity contribution in [2.75, 3.05) is 0 Å². The smallest absolute Gasteiger partial charge is 0.0594 e. The van der Waals surface area contributed by atoms with E-state index in [4.69, 9.17) is 0 Å². The first-order valence-corrected chi connectivity index (χ1v) is 13.7. The van der Waals surface area contributed by atoms with Gasteiger partial charge in [-0.2, -0.15) is 0 Å². The van der Waals surface area contributed by atoms with Crippen LogP contribution in [0.4, 0.5) is 0 Å². The fourth-order valence-corrected chi connectivity index (χ4v) is 10.8. The number of fused-ring (bicyclic) bond motifs is 7. The molecule has 0 aromatic rings. The highest BCUT2D eigenvalue weighted by atomic mass is 16.3. The van der Waals surface area contributed by atoms with E-state index in [1.165, 1.54) is 51.4 Å². The molecule has 10 atom stereocenters. The lowest BCUT2D eigenvalue weighted by atomic mass is 9.33. The average Bonchev–Trinajstić information content (AvgIpc) is 2.69. The van der Waals surface area contributed by atoms with Gasteiger partial charge in [0.2, 0.25) is 0 Å². The molecule has 0 aliphatic heterocycles. The Morgan fingerprint density at radius 1 is 0.806 bits per heavy atom. The molecule has 5 aliphatic carbocycles. The van der Waals surface area contributed by atoms with Crippen molar-refractivity contribution in [2.45, 2.75) is 119 Å². The van der Waals surface area contributed by atoms with Crippen LogP contribution in [0.3, 0.4) is 0 Å². The normalized spacial score (nSPS) is 58.3. The Morgan fingerprint density at radius 2 is 1.52 bits per heavy atom. The summed E-state index contributed by atoms with van der Waals surface area (Å²) in [5, 5.41) is 10.9. The third-order valence-corrected chi connectivity index (χ3v) is 13.4. The van der Waals surface area contributed by atoms with Crippen LogP contribution in [0.5, 0.6) is 0 Å². The zero-order valence-electron chi connectivity index (χ0n) is 21.9. The van der Waals surface area contributed by atoms with Gasteiger partial charge in [-0.1, -0.05) is 67.0 Å². The van der Waals surface area contributed by atoms with Crippen LogP contribution in [0, 0.1) is 56.7 Å². The van der Waals surface area contributed by atoms with E-state index in [2.05, 4.69) is 61.5 Å². The SMILES string of the molecule is C[C@H]1[C@H](C)CC[C@]2(C)CC[C@]3(C)C(=CCC4[C@@]5(C)CC[C@H](O)C(C)(C)C5CC[C@]43C)[C@H]12. The Morgan fingerprint density at radius 3 is 2.23 bits per heavy atom. The van der Waals surface area contributed by atoms with Gasteiger partial charge in [0.25, 0.3) is 0 Å². The third kappa shape index (κ3) is 2.65. The second kappa shape index (κ2) is 6.64. The summed E-state index contributed by atoms with van der Waals surface area (Å²) in [4.78, 5) is 0. The van der Waals surface area contributed by atoms with Crippen LogP contribution in [-0.2, 0) is 0 Å². The summed E-state index contributed by atoms with van der Waals surface area (Å²) in [6, 6.07) is 0. The molecule has 176 valence electrons. The zero-order chi connectivity index (χ0) is 22.6. The quantitative estimate of drug-likeness (QED) is 0.389. The summed E-state index contributed by atoms with van der Waals surface area (Å²) in [6.07, 6.45) is 14.5. The van der Waals surface area contributed by atoms with Gasteiger partial charge >= 0.3 is 0 Å². The molecule has 0 radical (unpaired) electrons. The molecule has 0 bridgehead atoms. The molecule has 5 aliphatic rings. The van der Waals surface area contributed by atoms with Gasteiger partial charge in [-0.05, 0) is 114 Å². The molecule has 31 heavy (non-hydrogen) atoms. The Bertz CT molecular complexity index is 779. The number of aliphatic hydroxyl groups is 1. The van der Waals surface area contributed by atoms with Crippen LogP contribution in [0.2, 0.25) is 0 Å².